The van der Waals surface area contributed by atoms with E-state index < -0.39 is 5.97 Å². The summed E-state index contributed by atoms with van der Waals surface area (Å²) in [6.45, 7) is 2.53. The Morgan fingerprint density at radius 2 is 2.17 bits per heavy atom. The molecule has 2 N–H and O–H groups in total. The molecule has 0 aliphatic carbocycles. The SMILES string of the molecule is Cc1cccc(C(=O)O)c1NCc1ccc(Br)s1. The number of hydrogen-bond donors (Lipinski definition) is 2. The number of aromatic carboxylic acids is 1. The Balaban J connectivity index is 2.20. The second-order valence-corrected chi connectivity index (χ2v) is 6.41. The van der Waals surface area contributed by atoms with Gasteiger partial charge in [0.15, 0.2) is 0 Å². The van der Waals surface area contributed by atoms with Crippen LogP contribution in [-0.4, -0.2) is 11.1 Å². The first-order valence-electron chi connectivity index (χ1n) is 5.39. The number of halogens is 1. The normalized spacial score (nSPS) is 10.3. The fraction of sp³-hybridized carbons (Fsp3) is 0.154. The van der Waals surface area contributed by atoms with Crippen molar-refractivity contribution in [2.75, 3.05) is 5.32 Å². The molecule has 0 amide bonds. The van der Waals surface area contributed by atoms with E-state index in [1.807, 2.05) is 25.1 Å². The minimum absolute atomic E-state index is 0.311. The number of hydrogen-bond acceptors (Lipinski definition) is 3. The molecule has 0 radical (unpaired) electrons. The molecule has 0 saturated carbocycles. The molecule has 18 heavy (non-hydrogen) atoms. The predicted octanol–water partition coefficient (Wildman–Crippen LogP) is 4.13. The first-order valence-corrected chi connectivity index (χ1v) is 7.00. The summed E-state index contributed by atoms with van der Waals surface area (Å²) in [7, 11) is 0. The molecule has 0 fully saturated rings. The Bertz CT molecular complexity index is 580. The van der Waals surface area contributed by atoms with E-state index in [1.165, 1.54) is 0 Å². The minimum atomic E-state index is -0.909. The van der Waals surface area contributed by atoms with E-state index in [1.54, 1.807) is 23.5 Å². The molecule has 0 bridgehead atoms. The highest BCUT2D eigenvalue weighted by atomic mass is 79.9. The molecule has 94 valence electrons. The van der Waals surface area contributed by atoms with Crippen LogP contribution in [0.4, 0.5) is 5.69 Å². The van der Waals surface area contributed by atoms with Gasteiger partial charge in [0.05, 0.1) is 15.0 Å². The lowest BCUT2D eigenvalue weighted by Gasteiger charge is -2.11. The number of anilines is 1. The van der Waals surface area contributed by atoms with Gasteiger partial charge in [-0.05, 0) is 46.6 Å². The molecule has 0 aliphatic heterocycles. The maximum Gasteiger partial charge on any atom is 0.337 e. The smallest absolute Gasteiger partial charge is 0.337 e. The van der Waals surface area contributed by atoms with Gasteiger partial charge in [0.2, 0.25) is 0 Å². The first kappa shape index (κ1) is 13.1. The van der Waals surface area contributed by atoms with E-state index in [2.05, 4.69) is 21.2 Å². The average molecular weight is 326 g/mol. The molecule has 5 heteroatoms. The summed E-state index contributed by atoms with van der Waals surface area (Å²) in [4.78, 5) is 12.3. The molecule has 0 spiro atoms. The number of carboxylic acids is 1. The fourth-order valence-electron chi connectivity index (χ4n) is 1.70. The van der Waals surface area contributed by atoms with Crippen molar-refractivity contribution < 1.29 is 9.90 Å². The van der Waals surface area contributed by atoms with Crippen molar-refractivity contribution in [1.29, 1.82) is 0 Å². The minimum Gasteiger partial charge on any atom is -0.478 e. The molecule has 2 aromatic rings. The zero-order valence-corrected chi connectivity index (χ0v) is 12.1. The van der Waals surface area contributed by atoms with Crippen LogP contribution < -0.4 is 5.32 Å². The number of nitrogens with one attached hydrogen (secondary N) is 1. The lowest BCUT2D eigenvalue weighted by molar-refractivity contribution is 0.0698. The second kappa shape index (κ2) is 5.54. The Labute approximate surface area is 118 Å². The molecule has 0 saturated heterocycles. The van der Waals surface area contributed by atoms with Crippen molar-refractivity contribution in [2.45, 2.75) is 13.5 Å². The Kier molecular flexibility index (Phi) is 4.04. The lowest BCUT2D eigenvalue weighted by Crippen LogP contribution is -2.07. The number of rotatable bonds is 4. The average Bonchev–Trinajstić information content (AvgIpc) is 2.73. The first-order chi connectivity index (χ1) is 8.58. The van der Waals surface area contributed by atoms with Crippen LogP contribution in [0.5, 0.6) is 0 Å². The third-order valence-corrected chi connectivity index (χ3v) is 4.20. The van der Waals surface area contributed by atoms with E-state index in [0.29, 0.717) is 17.8 Å². The quantitative estimate of drug-likeness (QED) is 0.888. The van der Waals surface area contributed by atoms with Crippen LogP contribution >= 0.6 is 27.3 Å². The van der Waals surface area contributed by atoms with Gasteiger partial charge in [-0.3, -0.25) is 0 Å². The predicted molar refractivity (Wildman–Crippen MR) is 77.5 cm³/mol. The maximum absolute atomic E-state index is 11.1. The van der Waals surface area contributed by atoms with Gasteiger partial charge in [-0.25, -0.2) is 4.79 Å². The molecule has 1 aromatic carbocycles. The van der Waals surface area contributed by atoms with Gasteiger partial charge in [-0.2, -0.15) is 0 Å². The van der Waals surface area contributed by atoms with Gasteiger partial charge in [0, 0.05) is 11.4 Å². The highest BCUT2D eigenvalue weighted by Crippen LogP contribution is 2.25. The Hall–Kier alpha value is -1.33. The molecule has 2 rings (SSSR count). The van der Waals surface area contributed by atoms with Crippen LogP contribution in [0.1, 0.15) is 20.8 Å². The summed E-state index contributed by atoms with van der Waals surface area (Å²) >= 11 is 5.04. The molecule has 1 heterocycles. The number of carboxylic acid groups (broad SMARTS) is 1. The Morgan fingerprint density at radius 1 is 1.39 bits per heavy atom. The van der Waals surface area contributed by atoms with E-state index in [9.17, 15) is 4.79 Å². The van der Waals surface area contributed by atoms with E-state index in [-0.39, 0.29) is 0 Å². The molecular formula is C13H12BrNO2S. The van der Waals surface area contributed by atoms with Crippen molar-refractivity contribution in [3.05, 3.63) is 50.1 Å². The standard InChI is InChI=1S/C13H12BrNO2S/c1-8-3-2-4-10(13(16)17)12(8)15-7-9-5-6-11(14)18-9/h2-6,15H,7H2,1H3,(H,16,17). The third-order valence-electron chi connectivity index (χ3n) is 2.57. The van der Waals surface area contributed by atoms with E-state index in [4.69, 9.17) is 5.11 Å². The number of benzene rings is 1. The summed E-state index contributed by atoms with van der Waals surface area (Å²) in [5, 5.41) is 12.3. The van der Waals surface area contributed by atoms with Crippen molar-refractivity contribution in [3.63, 3.8) is 0 Å². The highest BCUT2D eigenvalue weighted by molar-refractivity contribution is 9.11. The van der Waals surface area contributed by atoms with Crippen LogP contribution in [0.15, 0.2) is 34.1 Å². The van der Waals surface area contributed by atoms with Crippen molar-refractivity contribution in [1.82, 2.24) is 0 Å². The molecule has 0 aliphatic rings. The van der Waals surface area contributed by atoms with E-state index in [0.717, 1.165) is 14.2 Å². The van der Waals surface area contributed by atoms with Crippen LogP contribution in [0.2, 0.25) is 0 Å². The second-order valence-electron chi connectivity index (χ2n) is 3.86. The number of thiophene rings is 1. The third kappa shape index (κ3) is 2.91. The number of carbonyl (C=O) groups is 1. The fourth-order valence-corrected chi connectivity index (χ4v) is 3.13. The molecule has 0 atom stereocenters. The van der Waals surface area contributed by atoms with E-state index >= 15 is 0 Å². The summed E-state index contributed by atoms with van der Waals surface area (Å²) in [6, 6.07) is 9.27. The van der Waals surface area contributed by atoms with Crippen LogP contribution in [-0.2, 0) is 6.54 Å². The molecule has 3 nitrogen and oxygen atoms in total. The maximum atomic E-state index is 11.1. The molecular weight excluding hydrogens is 314 g/mol. The van der Waals surface area contributed by atoms with Gasteiger partial charge in [-0.15, -0.1) is 11.3 Å². The van der Waals surface area contributed by atoms with Crippen molar-refractivity contribution in [2.24, 2.45) is 0 Å². The molecule has 1 aromatic heterocycles. The van der Waals surface area contributed by atoms with Gasteiger partial charge in [0.1, 0.15) is 0 Å². The summed E-state index contributed by atoms with van der Waals surface area (Å²) in [6.07, 6.45) is 0. The van der Waals surface area contributed by atoms with Crippen LogP contribution in [0.25, 0.3) is 0 Å². The number of aryl methyl sites for hydroxylation is 1. The highest BCUT2D eigenvalue weighted by Gasteiger charge is 2.11. The lowest BCUT2D eigenvalue weighted by atomic mass is 10.1. The topological polar surface area (TPSA) is 49.3 Å². The summed E-state index contributed by atoms with van der Waals surface area (Å²) in [5.41, 5.74) is 1.94. The monoisotopic (exact) mass is 325 g/mol. The van der Waals surface area contributed by atoms with Gasteiger partial charge < -0.3 is 10.4 Å². The van der Waals surface area contributed by atoms with Gasteiger partial charge in [0.25, 0.3) is 0 Å². The summed E-state index contributed by atoms with van der Waals surface area (Å²) in [5.74, 6) is -0.909. The summed E-state index contributed by atoms with van der Waals surface area (Å²) < 4.78 is 1.07. The van der Waals surface area contributed by atoms with Crippen molar-refractivity contribution in [3.8, 4) is 0 Å². The molecule has 0 unspecified atom stereocenters. The van der Waals surface area contributed by atoms with Crippen LogP contribution in [0.3, 0.4) is 0 Å². The van der Waals surface area contributed by atoms with Gasteiger partial charge >= 0.3 is 5.97 Å². The largest absolute Gasteiger partial charge is 0.478 e. The van der Waals surface area contributed by atoms with Crippen molar-refractivity contribution >= 4 is 38.9 Å². The zero-order valence-electron chi connectivity index (χ0n) is 9.74. The zero-order chi connectivity index (χ0) is 13.1. The van der Waals surface area contributed by atoms with Gasteiger partial charge in [-0.1, -0.05) is 12.1 Å². The Morgan fingerprint density at radius 3 is 2.78 bits per heavy atom. The number of para-hydroxylation sites is 1. The van der Waals surface area contributed by atoms with Crippen LogP contribution in [0, 0.1) is 6.92 Å².